The minimum atomic E-state index is -4.55. The molecule has 0 amide bonds. The summed E-state index contributed by atoms with van der Waals surface area (Å²) in [5.74, 6) is 0. The molecular formula is C19H13Cl2F3N2OS. The first-order valence-corrected chi connectivity index (χ1v) is 9.93. The zero-order chi connectivity index (χ0) is 19.9. The van der Waals surface area contributed by atoms with Crippen LogP contribution in [0.3, 0.4) is 0 Å². The van der Waals surface area contributed by atoms with E-state index in [-0.39, 0.29) is 40.8 Å². The number of thiophene rings is 1. The van der Waals surface area contributed by atoms with Gasteiger partial charge in [0, 0.05) is 34.5 Å². The number of halogens is 5. The van der Waals surface area contributed by atoms with Gasteiger partial charge in [-0.1, -0.05) is 34.4 Å². The van der Waals surface area contributed by atoms with Gasteiger partial charge in [0.25, 0.3) is 0 Å². The van der Waals surface area contributed by atoms with E-state index in [0.29, 0.717) is 4.88 Å². The Morgan fingerprint density at radius 1 is 1.11 bits per heavy atom. The van der Waals surface area contributed by atoms with Crippen LogP contribution in [0.4, 0.5) is 13.2 Å². The van der Waals surface area contributed by atoms with Crippen molar-refractivity contribution < 1.29 is 18.0 Å². The van der Waals surface area contributed by atoms with Gasteiger partial charge in [-0.15, -0.1) is 11.3 Å². The van der Waals surface area contributed by atoms with Gasteiger partial charge in [-0.2, -0.15) is 13.2 Å². The van der Waals surface area contributed by atoms with Crippen molar-refractivity contribution in [2.75, 3.05) is 6.61 Å². The predicted octanol–water partition coefficient (Wildman–Crippen LogP) is 6.62. The number of hydrogen-bond acceptors (Lipinski definition) is 4. The molecule has 9 heteroatoms. The number of nitrogens with zero attached hydrogens (tertiary/aromatic N) is 2. The van der Waals surface area contributed by atoms with Crippen LogP contribution in [-0.2, 0) is 10.3 Å². The summed E-state index contributed by atoms with van der Waals surface area (Å²) < 4.78 is 43.2. The SMILES string of the molecule is FC(F)(F)C1(c2cc(Cl)cc(Cl)c2)CCON=C(c2cc3cccnc3s2)C1. The van der Waals surface area contributed by atoms with Crippen molar-refractivity contribution in [3.8, 4) is 0 Å². The van der Waals surface area contributed by atoms with Crippen molar-refractivity contribution in [2.24, 2.45) is 5.16 Å². The summed E-state index contributed by atoms with van der Waals surface area (Å²) in [6.45, 7) is -0.170. The molecule has 0 fully saturated rings. The van der Waals surface area contributed by atoms with E-state index in [0.717, 1.165) is 10.2 Å². The number of pyridine rings is 1. The van der Waals surface area contributed by atoms with Crippen molar-refractivity contribution in [1.82, 2.24) is 4.98 Å². The fourth-order valence-corrected chi connectivity index (χ4v) is 4.89. The van der Waals surface area contributed by atoms with Crippen LogP contribution < -0.4 is 0 Å². The Labute approximate surface area is 172 Å². The lowest BCUT2D eigenvalue weighted by molar-refractivity contribution is -0.192. The Hall–Kier alpha value is -1.83. The fourth-order valence-electron chi connectivity index (χ4n) is 3.38. The highest BCUT2D eigenvalue weighted by Crippen LogP contribution is 2.49. The number of fused-ring (bicyclic) bond motifs is 1. The molecule has 28 heavy (non-hydrogen) atoms. The standard InChI is InChI=1S/C19H13Cl2F3N2OS/c20-13-7-12(8-14(21)9-13)18(19(22,23)24)3-5-27-26-15(10-18)16-6-11-2-1-4-25-17(11)28-16/h1-2,4,6-9H,3,5,10H2. The highest BCUT2D eigenvalue weighted by molar-refractivity contribution is 7.20. The highest BCUT2D eigenvalue weighted by atomic mass is 35.5. The quantitative estimate of drug-likeness (QED) is 0.445. The van der Waals surface area contributed by atoms with Crippen molar-refractivity contribution in [1.29, 1.82) is 0 Å². The van der Waals surface area contributed by atoms with Gasteiger partial charge in [-0.25, -0.2) is 4.98 Å². The third kappa shape index (κ3) is 3.47. The van der Waals surface area contributed by atoms with Crippen LogP contribution in [0.1, 0.15) is 23.3 Å². The van der Waals surface area contributed by atoms with Crippen LogP contribution in [0.2, 0.25) is 10.0 Å². The second-order valence-corrected chi connectivity index (χ2v) is 8.45. The second kappa shape index (κ2) is 7.21. The van der Waals surface area contributed by atoms with Crippen LogP contribution in [-0.4, -0.2) is 23.5 Å². The van der Waals surface area contributed by atoms with Gasteiger partial charge in [-0.3, -0.25) is 0 Å². The summed E-state index contributed by atoms with van der Waals surface area (Å²) in [6.07, 6.45) is -3.57. The Balaban J connectivity index is 1.84. The molecule has 3 aromatic rings. The second-order valence-electron chi connectivity index (χ2n) is 6.54. The van der Waals surface area contributed by atoms with Crippen LogP contribution >= 0.6 is 34.5 Å². The Morgan fingerprint density at radius 2 is 1.86 bits per heavy atom. The zero-order valence-electron chi connectivity index (χ0n) is 14.3. The molecule has 146 valence electrons. The summed E-state index contributed by atoms with van der Waals surface area (Å²) in [7, 11) is 0. The lowest BCUT2D eigenvalue weighted by atomic mass is 9.73. The number of hydrogen-bond donors (Lipinski definition) is 0. The minimum Gasteiger partial charge on any atom is -0.396 e. The molecule has 0 aliphatic carbocycles. The average molecular weight is 445 g/mol. The average Bonchev–Trinajstić information content (AvgIpc) is 2.90. The largest absolute Gasteiger partial charge is 0.398 e. The first-order chi connectivity index (χ1) is 13.3. The molecule has 1 atom stereocenters. The number of benzene rings is 1. The van der Waals surface area contributed by atoms with E-state index in [4.69, 9.17) is 28.0 Å². The van der Waals surface area contributed by atoms with Gasteiger partial charge >= 0.3 is 6.18 Å². The number of aromatic nitrogens is 1. The summed E-state index contributed by atoms with van der Waals surface area (Å²) >= 11 is 13.3. The summed E-state index contributed by atoms with van der Waals surface area (Å²) in [5, 5.41) is 5.15. The maximum absolute atomic E-state index is 14.4. The third-order valence-electron chi connectivity index (χ3n) is 4.80. The van der Waals surface area contributed by atoms with Crippen LogP contribution in [0.25, 0.3) is 10.2 Å². The summed E-state index contributed by atoms with van der Waals surface area (Å²) in [6, 6.07) is 9.46. The molecule has 0 spiro atoms. The highest BCUT2D eigenvalue weighted by Gasteiger charge is 2.57. The van der Waals surface area contributed by atoms with Gasteiger partial charge < -0.3 is 4.84 Å². The van der Waals surface area contributed by atoms with E-state index in [1.165, 1.54) is 29.5 Å². The minimum absolute atomic E-state index is 0.00920. The maximum atomic E-state index is 14.4. The molecule has 1 unspecified atom stereocenters. The first kappa shape index (κ1) is 19.5. The van der Waals surface area contributed by atoms with Gasteiger partial charge in [0.05, 0.1) is 10.6 Å². The molecule has 4 rings (SSSR count). The van der Waals surface area contributed by atoms with Crippen molar-refractivity contribution in [2.45, 2.75) is 24.4 Å². The Morgan fingerprint density at radius 3 is 2.54 bits per heavy atom. The number of oxime groups is 1. The van der Waals surface area contributed by atoms with Gasteiger partial charge in [-0.05, 0) is 35.9 Å². The lowest BCUT2D eigenvalue weighted by Crippen LogP contribution is -2.44. The number of rotatable bonds is 2. The van der Waals surface area contributed by atoms with Crippen LogP contribution in [0, 0.1) is 0 Å². The third-order valence-corrected chi connectivity index (χ3v) is 6.34. The Kier molecular flexibility index (Phi) is 5.02. The van der Waals surface area contributed by atoms with Crippen molar-refractivity contribution in [3.05, 3.63) is 63.1 Å². The smallest absolute Gasteiger partial charge is 0.396 e. The van der Waals surface area contributed by atoms with E-state index < -0.39 is 11.6 Å². The Bertz CT molecular complexity index is 1010. The summed E-state index contributed by atoms with van der Waals surface area (Å²) in [4.78, 5) is 10.8. The van der Waals surface area contributed by atoms with Gasteiger partial charge in [0.1, 0.15) is 16.9 Å². The predicted molar refractivity (Wildman–Crippen MR) is 106 cm³/mol. The molecular weight excluding hydrogens is 432 g/mol. The molecule has 1 aliphatic heterocycles. The molecule has 0 radical (unpaired) electrons. The fraction of sp³-hybridized carbons (Fsp3) is 0.263. The molecule has 1 aromatic carbocycles. The monoisotopic (exact) mass is 444 g/mol. The zero-order valence-corrected chi connectivity index (χ0v) is 16.6. The van der Waals surface area contributed by atoms with E-state index in [1.54, 1.807) is 18.3 Å². The topological polar surface area (TPSA) is 34.5 Å². The molecule has 0 saturated carbocycles. The van der Waals surface area contributed by atoms with E-state index >= 15 is 0 Å². The lowest BCUT2D eigenvalue weighted by Gasteiger charge is -2.35. The van der Waals surface area contributed by atoms with Gasteiger partial charge in [0.2, 0.25) is 0 Å². The first-order valence-electron chi connectivity index (χ1n) is 8.36. The maximum Gasteiger partial charge on any atom is 0.398 e. The molecule has 0 saturated heterocycles. The van der Waals surface area contributed by atoms with Crippen LogP contribution in [0.15, 0.2) is 47.8 Å². The van der Waals surface area contributed by atoms with Crippen molar-refractivity contribution >= 4 is 50.5 Å². The molecule has 1 aliphatic rings. The summed E-state index contributed by atoms with van der Waals surface area (Å²) in [5.41, 5.74) is -1.97. The normalized spacial score (nSPS) is 20.5. The van der Waals surface area contributed by atoms with Crippen LogP contribution in [0.5, 0.6) is 0 Å². The number of alkyl halides is 3. The molecule has 0 bridgehead atoms. The van der Waals surface area contributed by atoms with E-state index in [1.807, 2.05) is 6.07 Å². The molecule has 0 N–H and O–H groups in total. The molecule has 2 aromatic heterocycles. The molecule has 3 heterocycles. The van der Waals surface area contributed by atoms with Gasteiger partial charge in [0.15, 0.2) is 0 Å². The van der Waals surface area contributed by atoms with E-state index in [9.17, 15) is 13.2 Å². The molecule has 3 nitrogen and oxygen atoms in total. The van der Waals surface area contributed by atoms with Crippen molar-refractivity contribution in [3.63, 3.8) is 0 Å². The van der Waals surface area contributed by atoms with E-state index in [2.05, 4.69) is 10.1 Å².